The summed E-state index contributed by atoms with van der Waals surface area (Å²) in [6.45, 7) is 0. The number of methoxy groups -OCH3 is 1. The summed E-state index contributed by atoms with van der Waals surface area (Å²) in [7, 11) is 1.55. The fraction of sp³-hybridized carbons (Fsp3) is 0.111. The molecule has 3 N–H and O–H groups in total. The number of nitrogens with two attached hydrogens (primary N) is 1. The number of hydrogen-bond acceptors (Lipinski definition) is 4. The van der Waals surface area contributed by atoms with Gasteiger partial charge < -0.3 is 20.2 Å². The maximum Gasteiger partial charge on any atom is 0.291 e. The lowest BCUT2D eigenvalue weighted by Crippen LogP contribution is -2.14. The normalized spacial score (nSPS) is 10.5. The standard InChI is InChI=1S/C18H16N2O4/c1-23-14-4-2-3-12-10-15(24-17(12)14)18(22)20-13-7-5-11(6-8-13)9-16(19)21/h2-8,10H,9H2,1H3,(H2,19,21)(H,20,22). The van der Waals surface area contributed by atoms with E-state index in [0.29, 0.717) is 17.0 Å². The highest BCUT2D eigenvalue weighted by atomic mass is 16.5. The lowest BCUT2D eigenvalue weighted by Gasteiger charge is -2.04. The van der Waals surface area contributed by atoms with Crippen molar-refractivity contribution < 1.29 is 18.7 Å². The summed E-state index contributed by atoms with van der Waals surface area (Å²) in [6.07, 6.45) is 0.164. The van der Waals surface area contributed by atoms with Gasteiger partial charge in [-0.25, -0.2) is 0 Å². The van der Waals surface area contributed by atoms with E-state index in [9.17, 15) is 9.59 Å². The molecule has 24 heavy (non-hydrogen) atoms. The number of benzene rings is 2. The van der Waals surface area contributed by atoms with Gasteiger partial charge >= 0.3 is 0 Å². The van der Waals surface area contributed by atoms with Crippen molar-refractivity contribution in [1.29, 1.82) is 0 Å². The van der Waals surface area contributed by atoms with Crippen LogP contribution < -0.4 is 15.8 Å². The molecule has 2 aromatic carbocycles. The van der Waals surface area contributed by atoms with E-state index >= 15 is 0 Å². The first-order valence-electron chi connectivity index (χ1n) is 7.32. The van der Waals surface area contributed by atoms with E-state index in [1.165, 1.54) is 0 Å². The van der Waals surface area contributed by atoms with Gasteiger partial charge in [0.05, 0.1) is 13.5 Å². The summed E-state index contributed by atoms with van der Waals surface area (Å²) in [5, 5.41) is 3.54. The van der Waals surface area contributed by atoms with Crippen LogP contribution in [-0.2, 0) is 11.2 Å². The number of nitrogens with one attached hydrogen (secondary N) is 1. The molecule has 0 unspecified atom stereocenters. The van der Waals surface area contributed by atoms with Gasteiger partial charge in [-0.3, -0.25) is 9.59 Å². The topological polar surface area (TPSA) is 94.6 Å². The number of para-hydroxylation sites is 1. The van der Waals surface area contributed by atoms with Crippen LogP contribution in [0.1, 0.15) is 16.1 Å². The molecule has 6 nitrogen and oxygen atoms in total. The monoisotopic (exact) mass is 324 g/mol. The fourth-order valence-corrected chi connectivity index (χ4v) is 2.41. The summed E-state index contributed by atoms with van der Waals surface area (Å²) in [4.78, 5) is 23.2. The molecule has 2 amide bonds. The number of carbonyl (C=O) groups excluding carboxylic acids is 2. The van der Waals surface area contributed by atoms with Gasteiger partial charge in [0.2, 0.25) is 5.91 Å². The molecule has 3 aromatic rings. The molecular formula is C18H16N2O4. The van der Waals surface area contributed by atoms with Crippen molar-refractivity contribution in [2.45, 2.75) is 6.42 Å². The van der Waals surface area contributed by atoms with Gasteiger partial charge in [-0.05, 0) is 29.8 Å². The third-order valence-corrected chi connectivity index (χ3v) is 3.54. The number of fused-ring (bicyclic) bond motifs is 1. The Morgan fingerprint density at radius 3 is 2.58 bits per heavy atom. The number of anilines is 1. The average Bonchev–Trinajstić information content (AvgIpc) is 3.00. The molecule has 0 aliphatic rings. The van der Waals surface area contributed by atoms with E-state index in [2.05, 4.69) is 5.32 Å². The lowest BCUT2D eigenvalue weighted by atomic mass is 10.1. The maximum atomic E-state index is 12.3. The minimum atomic E-state index is -0.400. The number of ether oxygens (including phenoxy) is 1. The molecule has 6 heteroatoms. The quantitative estimate of drug-likeness (QED) is 0.754. The van der Waals surface area contributed by atoms with Gasteiger partial charge in [-0.1, -0.05) is 24.3 Å². The Hall–Kier alpha value is -3.28. The average molecular weight is 324 g/mol. The Morgan fingerprint density at radius 2 is 1.92 bits per heavy atom. The number of primary amides is 1. The number of hydrogen-bond donors (Lipinski definition) is 2. The number of furan rings is 1. The Balaban J connectivity index is 1.78. The van der Waals surface area contributed by atoms with Crippen LogP contribution in [0.4, 0.5) is 5.69 Å². The molecule has 0 bridgehead atoms. The minimum absolute atomic E-state index is 0.164. The molecule has 1 aromatic heterocycles. The first kappa shape index (κ1) is 15.6. The predicted molar refractivity (Wildman–Crippen MR) is 90.1 cm³/mol. The van der Waals surface area contributed by atoms with Crippen molar-refractivity contribution in [3.8, 4) is 5.75 Å². The molecule has 0 spiro atoms. The molecule has 0 radical (unpaired) electrons. The van der Waals surface area contributed by atoms with Gasteiger partial charge in [0, 0.05) is 11.1 Å². The highest BCUT2D eigenvalue weighted by Gasteiger charge is 2.15. The molecule has 1 heterocycles. The van der Waals surface area contributed by atoms with E-state index < -0.39 is 5.91 Å². The molecule has 0 aliphatic carbocycles. The van der Waals surface area contributed by atoms with Crippen molar-refractivity contribution in [2.75, 3.05) is 12.4 Å². The van der Waals surface area contributed by atoms with E-state index in [4.69, 9.17) is 14.9 Å². The first-order valence-corrected chi connectivity index (χ1v) is 7.32. The second kappa shape index (κ2) is 6.45. The van der Waals surface area contributed by atoms with Crippen LogP contribution in [0.2, 0.25) is 0 Å². The summed E-state index contributed by atoms with van der Waals surface area (Å²) in [5.74, 6) is -0.00280. The Bertz CT molecular complexity index is 897. The zero-order valence-electron chi connectivity index (χ0n) is 13.0. The largest absolute Gasteiger partial charge is 0.493 e. The fourth-order valence-electron chi connectivity index (χ4n) is 2.41. The van der Waals surface area contributed by atoms with E-state index in [1.807, 2.05) is 12.1 Å². The molecule has 3 rings (SSSR count). The smallest absolute Gasteiger partial charge is 0.291 e. The molecule has 122 valence electrons. The van der Waals surface area contributed by atoms with Gasteiger partial charge in [0.25, 0.3) is 5.91 Å². The summed E-state index contributed by atoms with van der Waals surface area (Å²) in [5.41, 5.74) is 7.06. The summed E-state index contributed by atoms with van der Waals surface area (Å²) in [6, 6.07) is 14.0. The van der Waals surface area contributed by atoms with E-state index in [-0.39, 0.29) is 18.1 Å². The van der Waals surface area contributed by atoms with Gasteiger partial charge in [-0.2, -0.15) is 0 Å². The third-order valence-electron chi connectivity index (χ3n) is 3.54. The van der Waals surface area contributed by atoms with Crippen LogP contribution in [0, 0.1) is 0 Å². The molecule has 0 aliphatic heterocycles. The van der Waals surface area contributed by atoms with E-state index in [1.54, 1.807) is 43.5 Å². The van der Waals surface area contributed by atoms with Crippen molar-refractivity contribution in [3.63, 3.8) is 0 Å². The summed E-state index contributed by atoms with van der Waals surface area (Å²) >= 11 is 0. The number of amides is 2. The zero-order chi connectivity index (χ0) is 17.1. The van der Waals surface area contributed by atoms with Gasteiger partial charge in [-0.15, -0.1) is 0 Å². The second-order valence-corrected chi connectivity index (χ2v) is 5.28. The lowest BCUT2D eigenvalue weighted by molar-refractivity contribution is -0.117. The zero-order valence-corrected chi connectivity index (χ0v) is 13.0. The van der Waals surface area contributed by atoms with Crippen LogP contribution in [-0.4, -0.2) is 18.9 Å². The predicted octanol–water partition coefficient (Wildman–Crippen LogP) is 2.72. The highest BCUT2D eigenvalue weighted by Crippen LogP contribution is 2.28. The Labute approximate surface area is 138 Å². The Kier molecular flexibility index (Phi) is 4.20. The number of carbonyl (C=O) groups is 2. The van der Waals surface area contributed by atoms with Crippen LogP contribution >= 0.6 is 0 Å². The second-order valence-electron chi connectivity index (χ2n) is 5.28. The SMILES string of the molecule is COc1cccc2cc(C(=O)Nc3ccc(CC(N)=O)cc3)oc12. The Morgan fingerprint density at radius 1 is 1.17 bits per heavy atom. The van der Waals surface area contributed by atoms with Crippen LogP contribution in [0.5, 0.6) is 5.75 Å². The molecule has 0 saturated carbocycles. The molecule has 0 atom stereocenters. The van der Waals surface area contributed by atoms with Crippen LogP contribution in [0.15, 0.2) is 52.9 Å². The van der Waals surface area contributed by atoms with E-state index in [0.717, 1.165) is 10.9 Å². The van der Waals surface area contributed by atoms with Crippen LogP contribution in [0.25, 0.3) is 11.0 Å². The summed E-state index contributed by atoms with van der Waals surface area (Å²) < 4.78 is 10.8. The first-order chi connectivity index (χ1) is 11.6. The van der Waals surface area contributed by atoms with Crippen molar-refractivity contribution >= 4 is 28.5 Å². The van der Waals surface area contributed by atoms with Crippen molar-refractivity contribution in [1.82, 2.24) is 0 Å². The van der Waals surface area contributed by atoms with Gasteiger partial charge in [0.1, 0.15) is 0 Å². The van der Waals surface area contributed by atoms with Crippen LogP contribution in [0.3, 0.4) is 0 Å². The minimum Gasteiger partial charge on any atom is -0.493 e. The molecular weight excluding hydrogens is 308 g/mol. The molecule has 0 saturated heterocycles. The third kappa shape index (κ3) is 3.22. The molecule has 0 fully saturated rings. The van der Waals surface area contributed by atoms with Crippen molar-refractivity contribution in [2.24, 2.45) is 5.73 Å². The van der Waals surface area contributed by atoms with Crippen molar-refractivity contribution in [3.05, 3.63) is 59.9 Å². The number of rotatable bonds is 5. The van der Waals surface area contributed by atoms with Gasteiger partial charge in [0.15, 0.2) is 17.1 Å². The maximum absolute atomic E-state index is 12.3. The highest BCUT2D eigenvalue weighted by molar-refractivity contribution is 6.05.